The summed E-state index contributed by atoms with van der Waals surface area (Å²) in [5.41, 5.74) is 8.17. The quantitative estimate of drug-likeness (QED) is 0.888. The normalized spacial score (nSPS) is 16.4. The number of hydrogen-bond acceptors (Lipinski definition) is 2. The molecule has 0 unspecified atom stereocenters. The first-order chi connectivity index (χ1) is 10.6. The van der Waals surface area contributed by atoms with Gasteiger partial charge in [0.25, 0.3) is 0 Å². The van der Waals surface area contributed by atoms with Crippen LogP contribution in [0.4, 0.5) is 5.69 Å². The number of carbonyl (C=O) groups is 1. The molecule has 2 aromatic rings. The van der Waals surface area contributed by atoms with Crippen molar-refractivity contribution in [2.45, 2.75) is 31.2 Å². The van der Waals surface area contributed by atoms with Crippen molar-refractivity contribution >= 4 is 23.2 Å². The minimum atomic E-state index is -0.582. The van der Waals surface area contributed by atoms with Gasteiger partial charge in [0.2, 0.25) is 5.91 Å². The van der Waals surface area contributed by atoms with E-state index in [9.17, 15) is 4.79 Å². The van der Waals surface area contributed by atoms with Crippen LogP contribution in [0.2, 0.25) is 5.02 Å². The summed E-state index contributed by atoms with van der Waals surface area (Å²) in [5.74, 6) is -0.258. The van der Waals surface area contributed by atoms with Gasteiger partial charge in [-0.3, -0.25) is 4.79 Å². The molecule has 0 atom stereocenters. The summed E-state index contributed by atoms with van der Waals surface area (Å²) in [6.07, 6.45) is 3.69. The van der Waals surface area contributed by atoms with Crippen molar-refractivity contribution in [1.82, 2.24) is 0 Å². The van der Waals surface area contributed by atoms with Crippen LogP contribution in [0.1, 0.15) is 25.7 Å². The van der Waals surface area contributed by atoms with Crippen LogP contribution in [-0.4, -0.2) is 11.4 Å². The van der Waals surface area contributed by atoms with Gasteiger partial charge in [-0.25, -0.2) is 0 Å². The zero-order valence-corrected chi connectivity index (χ0v) is 13.1. The molecule has 0 radical (unpaired) electrons. The van der Waals surface area contributed by atoms with Crippen LogP contribution in [-0.2, 0) is 4.79 Å². The zero-order chi connectivity index (χ0) is 15.6. The Morgan fingerprint density at radius 3 is 1.95 bits per heavy atom. The molecule has 1 aliphatic carbocycles. The predicted molar refractivity (Wildman–Crippen MR) is 90.9 cm³/mol. The van der Waals surface area contributed by atoms with E-state index in [0.717, 1.165) is 47.5 Å². The summed E-state index contributed by atoms with van der Waals surface area (Å²) in [6, 6.07) is 15.8. The second kappa shape index (κ2) is 6.01. The Balaban J connectivity index is 1.79. The lowest BCUT2D eigenvalue weighted by atomic mass is 9.96. The third kappa shape index (κ3) is 2.95. The monoisotopic (exact) mass is 314 g/mol. The molecule has 114 valence electrons. The van der Waals surface area contributed by atoms with E-state index in [2.05, 4.69) is 5.32 Å². The number of rotatable bonds is 4. The molecule has 0 heterocycles. The highest BCUT2D eigenvalue weighted by Gasteiger charge is 2.39. The van der Waals surface area contributed by atoms with Gasteiger partial charge < -0.3 is 11.1 Å². The molecule has 3 N–H and O–H groups in total. The summed E-state index contributed by atoms with van der Waals surface area (Å²) in [6.45, 7) is 0. The maximum atomic E-state index is 11.8. The minimum Gasteiger partial charge on any atom is -0.371 e. The van der Waals surface area contributed by atoms with Gasteiger partial charge in [-0.15, -0.1) is 0 Å². The van der Waals surface area contributed by atoms with Crippen LogP contribution < -0.4 is 11.1 Å². The second-order valence-corrected chi connectivity index (χ2v) is 6.30. The number of benzene rings is 2. The number of primary amides is 1. The number of amides is 1. The highest BCUT2D eigenvalue weighted by Crippen LogP contribution is 2.33. The van der Waals surface area contributed by atoms with Gasteiger partial charge in [0.15, 0.2) is 0 Å². The van der Waals surface area contributed by atoms with Crippen LogP contribution in [0.3, 0.4) is 0 Å². The molecule has 1 aliphatic rings. The fourth-order valence-corrected chi connectivity index (χ4v) is 3.20. The van der Waals surface area contributed by atoms with Crippen molar-refractivity contribution in [3.8, 4) is 11.1 Å². The molecule has 2 aromatic carbocycles. The van der Waals surface area contributed by atoms with E-state index in [1.165, 1.54) is 0 Å². The Bertz CT molecular complexity index is 658. The van der Waals surface area contributed by atoms with E-state index in [0.29, 0.717) is 0 Å². The lowest BCUT2D eigenvalue weighted by Gasteiger charge is -2.28. The molecule has 0 saturated heterocycles. The number of nitrogens with one attached hydrogen (secondary N) is 1. The summed E-state index contributed by atoms with van der Waals surface area (Å²) in [4.78, 5) is 11.8. The van der Waals surface area contributed by atoms with Crippen LogP contribution >= 0.6 is 11.6 Å². The Morgan fingerprint density at radius 2 is 1.45 bits per heavy atom. The van der Waals surface area contributed by atoms with Crippen molar-refractivity contribution in [3.63, 3.8) is 0 Å². The first kappa shape index (κ1) is 14.9. The standard InChI is InChI=1S/C18H19ClN2O/c19-15-7-3-13(4-8-15)14-5-9-16(10-6-14)21-18(17(20)22)11-1-2-12-18/h3-10,21H,1-2,11-12H2,(H2,20,22). The van der Waals surface area contributed by atoms with Crippen LogP contribution in [0.15, 0.2) is 48.5 Å². The van der Waals surface area contributed by atoms with Gasteiger partial charge in [-0.2, -0.15) is 0 Å². The van der Waals surface area contributed by atoms with E-state index < -0.39 is 5.54 Å². The number of halogens is 1. The van der Waals surface area contributed by atoms with E-state index in [-0.39, 0.29) is 5.91 Å². The smallest absolute Gasteiger partial charge is 0.243 e. The van der Waals surface area contributed by atoms with E-state index in [1.54, 1.807) is 0 Å². The van der Waals surface area contributed by atoms with Crippen molar-refractivity contribution in [2.75, 3.05) is 5.32 Å². The van der Waals surface area contributed by atoms with Gasteiger partial charge >= 0.3 is 0 Å². The number of hydrogen-bond donors (Lipinski definition) is 2. The van der Waals surface area contributed by atoms with Crippen molar-refractivity contribution in [2.24, 2.45) is 5.73 Å². The average Bonchev–Trinajstić information content (AvgIpc) is 2.99. The molecule has 0 spiro atoms. The Morgan fingerprint density at radius 1 is 0.955 bits per heavy atom. The van der Waals surface area contributed by atoms with E-state index in [1.807, 2.05) is 48.5 Å². The molecular formula is C18H19ClN2O. The van der Waals surface area contributed by atoms with Gasteiger partial charge in [0, 0.05) is 10.7 Å². The first-order valence-electron chi connectivity index (χ1n) is 7.53. The molecule has 0 bridgehead atoms. The molecule has 22 heavy (non-hydrogen) atoms. The Kier molecular flexibility index (Phi) is 4.08. The third-order valence-electron chi connectivity index (χ3n) is 4.37. The molecule has 3 nitrogen and oxygen atoms in total. The second-order valence-electron chi connectivity index (χ2n) is 5.86. The lowest BCUT2D eigenvalue weighted by Crippen LogP contribution is -2.48. The lowest BCUT2D eigenvalue weighted by molar-refractivity contribution is -0.122. The fraction of sp³-hybridized carbons (Fsp3) is 0.278. The molecule has 4 heteroatoms. The number of nitrogens with two attached hydrogens (primary N) is 1. The van der Waals surface area contributed by atoms with Crippen LogP contribution in [0.5, 0.6) is 0 Å². The predicted octanol–water partition coefficient (Wildman–Crippen LogP) is 4.22. The highest BCUT2D eigenvalue weighted by molar-refractivity contribution is 6.30. The van der Waals surface area contributed by atoms with Gasteiger partial charge in [-0.05, 0) is 48.2 Å². The molecular weight excluding hydrogens is 296 g/mol. The summed E-state index contributed by atoms with van der Waals surface area (Å²) in [5, 5.41) is 4.07. The summed E-state index contributed by atoms with van der Waals surface area (Å²) in [7, 11) is 0. The van der Waals surface area contributed by atoms with Crippen molar-refractivity contribution < 1.29 is 4.79 Å². The molecule has 1 saturated carbocycles. The van der Waals surface area contributed by atoms with Gasteiger partial charge in [0.05, 0.1) is 0 Å². The van der Waals surface area contributed by atoms with E-state index >= 15 is 0 Å². The van der Waals surface area contributed by atoms with Crippen LogP contribution in [0.25, 0.3) is 11.1 Å². The summed E-state index contributed by atoms with van der Waals surface area (Å²) >= 11 is 5.91. The maximum absolute atomic E-state index is 11.8. The number of carbonyl (C=O) groups excluding carboxylic acids is 1. The topological polar surface area (TPSA) is 55.1 Å². The van der Waals surface area contributed by atoms with Crippen molar-refractivity contribution in [3.05, 3.63) is 53.6 Å². The Labute approximate surface area is 135 Å². The van der Waals surface area contributed by atoms with Gasteiger partial charge in [-0.1, -0.05) is 48.7 Å². The minimum absolute atomic E-state index is 0.258. The first-order valence-corrected chi connectivity index (χ1v) is 7.91. The maximum Gasteiger partial charge on any atom is 0.243 e. The summed E-state index contributed by atoms with van der Waals surface area (Å²) < 4.78 is 0. The molecule has 1 fully saturated rings. The molecule has 0 aromatic heterocycles. The largest absolute Gasteiger partial charge is 0.371 e. The highest BCUT2D eigenvalue weighted by atomic mass is 35.5. The Hall–Kier alpha value is -2.00. The van der Waals surface area contributed by atoms with Crippen molar-refractivity contribution in [1.29, 1.82) is 0 Å². The number of anilines is 1. The van der Waals surface area contributed by atoms with Gasteiger partial charge in [0.1, 0.15) is 5.54 Å². The van der Waals surface area contributed by atoms with E-state index in [4.69, 9.17) is 17.3 Å². The molecule has 1 amide bonds. The average molecular weight is 315 g/mol. The fourth-order valence-electron chi connectivity index (χ4n) is 3.08. The zero-order valence-electron chi connectivity index (χ0n) is 12.3. The third-order valence-corrected chi connectivity index (χ3v) is 4.63. The molecule has 3 rings (SSSR count). The SMILES string of the molecule is NC(=O)C1(Nc2ccc(-c3ccc(Cl)cc3)cc2)CCCC1. The molecule has 0 aliphatic heterocycles. The van der Waals surface area contributed by atoms with Crippen LogP contribution in [0, 0.1) is 0 Å².